The van der Waals surface area contributed by atoms with Crippen molar-refractivity contribution in [1.29, 1.82) is 0 Å². The maximum Gasteiger partial charge on any atom is 0.311 e. The number of carbonyl (C=O) groups excluding carboxylic acids is 2. The highest BCUT2D eigenvalue weighted by Crippen LogP contribution is 2.15. The van der Waals surface area contributed by atoms with Crippen LogP contribution in [0.3, 0.4) is 0 Å². The van der Waals surface area contributed by atoms with Crippen LogP contribution in [0.4, 0.5) is 0 Å². The van der Waals surface area contributed by atoms with E-state index in [-0.39, 0.29) is 18.0 Å². The van der Waals surface area contributed by atoms with Crippen molar-refractivity contribution >= 4 is 11.9 Å². The van der Waals surface area contributed by atoms with Gasteiger partial charge in [-0.2, -0.15) is 0 Å². The lowest BCUT2D eigenvalue weighted by Gasteiger charge is -2.19. The Balaban J connectivity index is 2.05. The number of cyclic esters (lactones) is 1. The zero-order chi connectivity index (χ0) is 12.9. The lowest BCUT2D eigenvalue weighted by Crippen LogP contribution is -2.31. The summed E-state index contributed by atoms with van der Waals surface area (Å²) >= 11 is 0. The van der Waals surface area contributed by atoms with Crippen molar-refractivity contribution in [2.75, 3.05) is 6.61 Å². The van der Waals surface area contributed by atoms with E-state index in [0.29, 0.717) is 25.9 Å². The van der Waals surface area contributed by atoms with Gasteiger partial charge in [0.05, 0.1) is 18.4 Å². The van der Waals surface area contributed by atoms with Gasteiger partial charge in [-0.15, -0.1) is 0 Å². The Morgan fingerprint density at radius 2 is 2.18 bits per heavy atom. The molecule has 0 aromatic carbocycles. The fourth-order valence-electron chi connectivity index (χ4n) is 1.11. The average molecular weight is 238 g/mol. The van der Waals surface area contributed by atoms with Gasteiger partial charge in [-0.05, 0) is 27.2 Å². The van der Waals surface area contributed by atoms with Crippen molar-refractivity contribution in [1.82, 2.24) is 0 Å². The lowest BCUT2D eigenvalue weighted by atomic mass is 9.97. The van der Waals surface area contributed by atoms with E-state index in [4.69, 9.17) is 9.47 Å². The van der Waals surface area contributed by atoms with Gasteiger partial charge in [-0.3, -0.25) is 9.59 Å². The van der Waals surface area contributed by atoms with Gasteiger partial charge in [-0.1, -0.05) is 11.8 Å². The van der Waals surface area contributed by atoms with E-state index in [1.54, 1.807) is 0 Å². The molecule has 4 heteroatoms. The summed E-state index contributed by atoms with van der Waals surface area (Å²) in [6.07, 6.45) is 1.52. The quantitative estimate of drug-likeness (QED) is 0.426. The molecule has 1 saturated heterocycles. The fraction of sp³-hybridized carbons (Fsp3) is 0.692. The molecule has 1 unspecified atom stereocenters. The van der Waals surface area contributed by atoms with Crippen LogP contribution in [0.1, 0.15) is 40.0 Å². The highest BCUT2D eigenvalue weighted by atomic mass is 16.6. The number of hydrogen-bond acceptors (Lipinski definition) is 4. The third-order valence-corrected chi connectivity index (χ3v) is 2.18. The van der Waals surface area contributed by atoms with Crippen molar-refractivity contribution in [3.8, 4) is 11.8 Å². The molecule has 0 amide bonds. The largest absolute Gasteiger partial charge is 0.465 e. The minimum Gasteiger partial charge on any atom is -0.465 e. The summed E-state index contributed by atoms with van der Waals surface area (Å²) in [6, 6.07) is 0. The van der Waals surface area contributed by atoms with Gasteiger partial charge >= 0.3 is 11.9 Å². The summed E-state index contributed by atoms with van der Waals surface area (Å²) in [7, 11) is 0. The first kappa shape index (κ1) is 13.6. The van der Waals surface area contributed by atoms with E-state index in [9.17, 15) is 9.59 Å². The molecule has 17 heavy (non-hydrogen) atoms. The number of carbonyl (C=O) groups is 2. The molecular weight excluding hydrogens is 220 g/mol. The summed E-state index contributed by atoms with van der Waals surface area (Å²) in [5.74, 6) is 5.35. The van der Waals surface area contributed by atoms with Crippen LogP contribution in [0.5, 0.6) is 0 Å². The molecule has 1 aliphatic rings. The van der Waals surface area contributed by atoms with Crippen LogP contribution in [0, 0.1) is 17.3 Å². The highest BCUT2D eigenvalue weighted by molar-refractivity contribution is 5.76. The standard InChI is InChI=1S/C13H18O4/c1-13(2,3)12(15)16-8-6-4-5-7-10-9-11(14)17-10/h10H,4,6,8-9H2,1-3H3. The van der Waals surface area contributed by atoms with Gasteiger partial charge in [0, 0.05) is 6.42 Å². The molecule has 1 fully saturated rings. The van der Waals surface area contributed by atoms with E-state index in [1.165, 1.54) is 0 Å². The van der Waals surface area contributed by atoms with Gasteiger partial charge in [-0.25, -0.2) is 0 Å². The number of unbranched alkanes of at least 4 members (excludes halogenated alkanes) is 1. The Hall–Kier alpha value is -1.50. The first-order valence-corrected chi connectivity index (χ1v) is 5.74. The lowest BCUT2D eigenvalue weighted by molar-refractivity contribution is -0.163. The minimum atomic E-state index is -0.453. The molecule has 0 bridgehead atoms. The second-order valence-electron chi connectivity index (χ2n) is 4.99. The molecule has 0 spiro atoms. The number of esters is 2. The molecule has 0 aromatic rings. The van der Waals surface area contributed by atoms with Crippen LogP contribution in [0.15, 0.2) is 0 Å². The summed E-state index contributed by atoms with van der Waals surface area (Å²) in [5.41, 5.74) is -0.453. The fourth-order valence-corrected chi connectivity index (χ4v) is 1.11. The summed E-state index contributed by atoms with van der Waals surface area (Å²) in [6.45, 7) is 5.84. The zero-order valence-corrected chi connectivity index (χ0v) is 10.5. The number of ether oxygens (including phenoxy) is 2. The van der Waals surface area contributed by atoms with E-state index in [0.717, 1.165) is 0 Å². The van der Waals surface area contributed by atoms with Gasteiger partial charge in [0.1, 0.15) is 0 Å². The molecule has 1 heterocycles. The summed E-state index contributed by atoms with van der Waals surface area (Å²) in [4.78, 5) is 21.8. The van der Waals surface area contributed by atoms with Crippen molar-refractivity contribution in [3.63, 3.8) is 0 Å². The normalized spacial score (nSPS) is 18.5. The van der Waals surface area contributed by atoms with Crippen LogP contribution in [-0.2, 0) is 19.1 Å². The molecule has 1 rings (SSSR count). The Kier molecular flexibility index (Phi) is 4.56. The highest BCUT2D eigenvalue weighted by Gasteiger charge is 2.26. The van der Waals surface area contributed by atoms with Crippen LogP contribution in [0.2, 0.25) is 0 Å². The van der Waals surface area contributed by atoms with E-state index in [1.807, 2.05) is 20.8 Å². The predicted molar refractivity (Wildman–Crippen MR) is 61.9 cm³/mol. The van der Waals surface area contributed by atoms with Gasteiger partial charge in [0.15, 0.2) is 6.10 Å². The SMILES string of the molecule is CC(C)(C)C(=O)OCCCC#CC1CC(=O)O1. The van der Waals surface area contributed by atoms with E-state index >= 15 is 0 Å². The molecule has 0 aliphatic carbocycles. The number of hydrogen-bond donors (Lipinski definition) is 0. The summed E-state index contributed by atoms with van der Waals surface area (Å²) < 4.78 is 9.81. The molecule has 94 valence electrons. The molecular formula is C13H18O4. The second-order valence-corrected chi connectivity index (χ2v) is 4.99. The Bertz CT molecular complexity index is 346. The van der Waals surface area contributed by atoms with Crippen LogP contribution >= 0.6 is 0 Å². The van der Waals surface area contributed by atoms with Gasteiger partial charge in [0.2, 0.25) is 0 Å². The Morgan fingerprint density at radius 3 is 2.71 bits per heavy atom. The zero-order valence-electron chi connectivity index (χ0n) is 10.5. The molecule has 1 aliphatic heterocycles. The number of rotatable bonds is 3. The first-order valence-electron chi connectivity index (χ1n) is 5.74. The third kappa shape index (κ3) is 4.90. The molecule has 4 nitrogen and oxygen atoms in total. The third-order valence-electron chi connectivity index (χ3n) is 2.18. The second kappa shape index (κ2) is 5.72. The van der Waals surface area contributed by atoms with Crippen molar-refractivity contribution in [3.05, 3.63) is 0 Å². The van der Waals surface area contributed by atoms with Gasteiger partial charge in [0.25, 0.3) is 0 Å². The van der Waals surface area contributed by atoms with E-state index in [2.05, 4.69) is 11.8 Å². The van der Waals surface area contributed by atoms with Crippen molar-refractivity contribution in [2.45, 2.75) is 46.1 Å². The van der Waals surface area contributed by atoms with Crippen LogP contribution in [0.25, 0.3) is 0 Å². The molecule has 0 radical (unpaired) electrons. The Labute approximate surface area is 102 Å². The topological polar surface area (TPSA) is 52.6 Å². The first-order chi connectivity index (χ1) is 7.89. The van der Waals surface area contributed by atoms with Crippen LogP contribution < -0.4 is 0 Å². The molecule has 1 atom stereocenters. The monoisotopic (exact) mass is 238 g/mol. The maximum absolute atomic E-state index is 11.4. The molecule has 0 saturated carbocycles. The van der Waals surface area contributed by atoms with Crippen LogP contribution in [-0.4, -0.2) is 24.6 Å². The van der Waals surface area contributed by atoms with Crippen molar-refractivity contribution in [2.24, 2.45) is 5.41 Å². The Morgan fingerprint density at radius 1 is 1.53 bits per heavy atom. The molecule has 0 aromatic heterocycles. The predicted octanol–water partition coefficient (Wildman–Crippen LogP) is 1.67. The van der Waals surface area contributed by atoms with Crippen molar-refractivity contribution < 1.29 is 19.1 Å². The molecule has 0 N–H and O–H groups in total. The van der Waals surface area contributed by atoms with E-state index < -0.39 is 5.41 Å². The minimum absolute atomic E-state index is 0.191. The average Bonchev–Trinajstić information content (AvgIpc) is 2.18. The summed E-state index contributed by atoms with van der Waals surface area (Å²) in [5, 5.41) is 0. The smallest absolute Gasteiger partial charge is 0.311 e. The van der Waals surface area contributed by atoms with Gasteiger partial charge < -0.3 is 9.47 Å². The maximum atomic E-state index is 11.4.